The van der Waals surface area contributed by atoms with E-state index >= 15 is 0 Å². The van der Waals surface area contributed by atoms with Crippen LogP contribution in [0.25, 0.3) is 0 Å². The van der Waals surface area contributed by atoms with E-state index in [4.69, 9.17) is 0 Å². The molecule has 0 heterocycles. The topological polar surface area (TPSA) is 32.3 Å². The number of hydrogen-bond donors (Lipinski definition) is 2. The van der Waals surface area contributed by atoms with Crippen molar-refractivity contribution < 1.29 is 5.11 Å². The predicted octanol–water partition coefficient (Wildman–Crippen LogP) is 2.16. The molecule has 0 fully saturated rings. The fourth-order valence-electron chi connectivity index (χ4n) is 1.70. The largest absolute Gasteiger partial charge is 0.392 e. The highest BCUT2D eigenvalue weighted by Crippen LogP contribution is 2.08. The number of aliphatic hydroxyl groups excluding tert-OH is 1. The summed E-state index contributed by atoms with van der Waals surface area (Å²) in [5.74, 6) is 0. The van der Waals surface area contributed by atoms with Crippen molar-refractivity contribution in [3.63, 3.8) is 0 Å². The molecule has 0 amide bonds. The molecule has 84 valence electrons. The van der Waals surface area contributed by atoms with Gasteiger partial charge in [-0.2, -0.15) is 0 Å². The Bertz CT molecular complexity index is 289. The maximum Gasteiger partial charge on any atom is 0.0662 e. The van der Waals surface area contributed by atoms with Crippen LogP contribution >= 0.6 is 0 Å². The van der Waals surface area contributed by atoms with Gasteiger partial charge in [0.15, 0.2) is 0 Å². The van der Waals surface area contributed by atoms with Gasteiger partial charge in [-0.25, -0.2) is 0 Å². The molecular formula is C13H21NO. The second kappa shape index (κ2) is 5.89. The van der Waals surface area contributed by atoms with Crippen LogP contribution in [0.5, 0.6) is 0 Å². The standard InChI is InChI=1S/C13H21NO/c1-4-13(15)9-14-8-12-6-10(2)5-11(3)7-12/h5-7,13-15H,4,8-9H2,1-3H3. The van der Waals surface area contributed by atoms with Crippen molar-refractivity contribution in [2.75, 3.05) is 6.54 Å². The molecular weight excluding hydrogens is 186 g/mol. The zero-order valence-electron chi connectivity index (χ0n) is 9.88. The van der Waals surface area contributed by atoms with Crippen molar-refractivity contribution >= 4 is 0 Å². The van der Waals surface area contributed by atoms with Gasteiger partial charge in [0.2, 0.25) is 0 Å². The maximum atomic E-state index is 9.38. The average molecular weight is 207 g/mol. The Kier molecular flexibility index (Phi) is 4.79. The van der Waals surface area contributed by atoms with E-state index < -0.39 is 0 Å². The fraction of sp³-hybridized carbons (Fsp3) is 0.538. The number of nitrogens with one attached hydrogen (secondary N) is 1. The highest BCUT2D eigenvalue weighted by atomic mass is 16.3. The first-order valence-corrected chi connectivity index (χ1v) is 5.57. The average Bonchev–Trinajstić information content (AvgIpc) is 2.16. The summed E-state index contributed by atoms with van der Waals surface area (Å²) in [5.41, 5.74) is 3.88. The van der Waals surface area contributed by atoms with E-state index in [2.05, 4.69) is 37.4 Å². The number of aliphatic hydroxyl groups is 1. The third-order valence-electron chi connectivity index (χ3n) is 2.46. The van der Waals surface area contributed by atoms with Crippen LogP contribution < -0.4 is 5.32 Å². The molecule has 1 atom stereocenters. The molecule has 0 spiro atoms. The SMILES string of the molecule is CCC(O)CNCc1cc(C)cc(C)c1. The van der Waals surface area contributed by atoms with Gasteiger partial charge in [0.05, 0.1) is 6.10 Å². The molecule has 0 aliphatic rings. The van der Waals surface area contributed by atoms with Gasteiger partial charge in [-0.1, -0.05) is 36.2 Å². The predicted molar refractivity (Wildman–Crippen MR) is 63.9 cm³/mol. The van der Waals surface area contributed by atoms with Gasteiger partial charge in [0.25, 0.3) is 0 Å². The molecule has 0 aliphatic carbocycles. The quantitative estimate of drug-likeness (QED) is 0.775. The van der Waals surface area contributed by atoms with Gasteiger partial charge in [0, 0.05) is 13.1 Å². The molecule has 0 radical (unpaired) electrons. The highest BCUT2D eigenvalue weighted by Gasteiger charge is 2.00. The van der Waals surface area contributed by atoms with Crippen LogP contribution in [0.4, 0.5) is 0 Å². The zero-order valence-corrected chi connectivity index (χ0v) is 9.88. The first-order chi connectivity index (χ1) is 7.11. The van der Waals surface area contributed by atoms with E-state index in [1.165, 1.54) is 16.7 Å². The van der Waals surface area contributed by atoms with E-state index in [1.54, 1.807) is 0 Å². The van der Waals surface area contributed by atoms with Crippen LogP contribution in [0.3, 0.4) is 0 Å². The summed E-state index contributed by atoms with van der Waals surface area (Å²) < 4.78 is 0. The van der Waals surface area contributed by atoms with E-state index in [1.807, 2.05) is 6.92 Å². The molecule has 0 aromatic heterocycles. The monoisotopic (exact) mass is 207 g/mol. The summed E-state index contributed by atoms with van der Waals surface area (Å²) in [4.78, 5) is 0. The Labute approximate surface area is 92.3 Å². The summed E-state index contributed by atoms with van der Waals surface area (Å²) in [6.45, 7) is 7.71. The molecule has 0 aliphatic heterocycles. The summed E-state index contributed by atoms with van der Waals surface area (Å²) in [6.07, 6.45) is 0.579. The highest BCUT2D eigenvalue weighted by molar-refractivity contribution is 5.28. The van der Waals surface area contributed by atoms with E-state index in [9.17, 15) is 5.11 Å². The Balaban J connectivity index is 2.43. The number of hydrogen-bond acceptors (Lipinski definition) is 2. The lowest BCUT2D eigenvalue weighted by Gasteiger charge is -2.10. The van der Waals surface area contributed by atoms with Crippen molar-refractivity contribution in [1.29, 1.82) is 0 Å². The number of rotatable bonds is 5. The second-order valence-electron chi connectivity index (χ2n) is 4.19. The summed E-state index contributed by atoms with van der Waals surface area (Å²) >= 11 is 0. The molecule has 0 bridgehead atoms. The smallest absolute Gasteiger partial charge is 0.0662 e. The van der Waals surface area contributed by atoms with Crippen molar-refractivity contribution in [3.8, 4) is 0 Å². The van der Waals surface area contributed by atoms with Crippen LogP contribution in [0.2, 0.25) is 0 Å². The van der Waals surface area contributed by atoms with Gasteiger partial charge in [-0.05, 0) is 25.8 Å². The maximum absolute atomic E-state index is 9.38. The lowest BCUT2D eigenvalue weighted by molar-refractivity contribution is 0.167. The number of benzene rings is 1. The summed E-state index contributed by atoms with van der Waals surface area (Å²) in [6, 6.07) is 6.53. The van der Waals surface area contributed by atoms with Crippen molar-refractivity contribution in [3.05, 3.63) is 34.9 Å². The first-order valence-electron chi connectivity index (χ1n) is 5.57. The minimum absolute atomic E-state index is 0.226. The van der Waals surface area contributed by atoms with Gasteiger partial charge < -0.3 is 10.4 Å². The molecule has 1 aromatic rings. The van der Waals surface area contributed by atoms with Crippen LogP contribution in [0.1, 0.15) is 30.0 Å². The van der Waals surface area contributed by atoms with Crippen LogP contribution in [0.15, 0.2) is 18.2 Å². The van der Waals surface area contributed by atoms with E-state index in [0.29, 0.717) is 6.54 Å². The molecule has 0 saturated heterocycles. The van der Waals surface area contributed by atoms with Gasteiger partial charge in [-0.15, -0.1) is 0 Å². The van der Waals surface area contributed by atoms with Crippen molar-refractivity contribution in [2.24, 2.45) is 0 Å². The molecule has 2 heteroatoms. The van der Waals surface area contributed by atoms with Gasteiger partial charge in [0.1, 0.15) is 0 Å². The Morgan fingerprint density at radius 2 is 1.80 bits per heavy atom. The summed E-state index contributed by atoms with van der Waals surface area (Å²) in [7, 11) is 0. The second-order valence-corrected chi connectivity index (χ2v) is 4.19. The summed E-state index contributed by atoms with van der Waals surface area (Å²) in [5, 5.41) is 12.6. The lowest BCUT2D eigenvalue weighted by atomic mass is 10.1. The third kappa shape index (κ3) is 4.45. The Morgan fingerprint density at radius 1 is 1.20 bits per heavy atom. The molecule has 0 saturated carbocycles. The molecule has 1 unspecified atom stereocenters. The van der Waals surface area contributed by atoms with Crippen LogP contribution in [-0.2, 0) is 6.54 Å². The van der Waals surface area contributed by atoms with Crippen molar-refractivity contribution in [1.82, 2.24) is 5.32 Å². The minimum Gasteiger partial charge on any atom is -0.392 e. The molecule has 2 nitrogen and oxygen atoms in total. The normalized spacial score (nSPS) is 12.8. The molecule has 1 aromatic carbocycles. The van der Waals surface area contributed by atoms with Crippen LogP contribution in [0, 0.1) is 13.8 Å². The molecule has 2 N–H and O–H groups in total. The lowest BCUT2D eigenvalue weighted by Crippen LogP contribution is -2.25. The third-order valence-corrected chi connectivity index (χ3v) is 2.46. The molecule has 15 heavy (non-hydrogen) atoms. The van der Waals surface area contributed by atoms with Crippen LogP contribution in [-0.4, -0.2) is 17.8 Å². The Hall–Kier alpha value is -0.860. The van der Waals surface area contributed by atoms with E-state index in [0.717, 1.165) is 13.0 Å². The first kappa shape index (κ1) is 12.2. The Morgan fingerprint density at radius 3 is 2.33 bits per heavy atom. The number of aryl methyl sites for hydroxylation is 2. The minimum atomic E-state index is -0.226. The van der Waals surface area contributed by atoms with Gasteiger partial charge >= 0.3 is 0 Å². The zero-order chi connectivity index (χ0) is 11.3. The van der Waals surface area contributed by atoms with Crippen molar-refractivity contribution in [2.45, 2.75) is 39.8 Å². The van der Waals surface area contributed by atoms with E-state index in [-0.39, 0.29) is 6.10 Å². The van der Waals surface area contributed by atoms with Gasteiger partial charge in [-0.3, -0.25) is 0 Å². The fourth-order valence-corrected chi connectivity index (χ4v) is 1.70. The molecule has 1 rings (SSSR count).